The van der Waals surface area contributed by atoms with Crippen molar-refractivity contribution in [3.8, 4) is 0 Å². The summed E-state index contributed by atoms with van der Waals surface area (Å²) in [6.45, 7) is 0.404. The number of sulfonamides is 1. The zero-order valence-electron chi connectivity index (χ0n) is 13.1. The van der Waals surface area contributed by atoms with Crippen LogP contribution in [0.5, 0.6) is 0 Å². The molecule has 0 amide bonds. The predicted octanol–water partition coefficient (Wildman–Crippen LogP) is 3.45. The average Bonchev–Trinajstić information content (AvgIpc) is 2.62. The molecule has 0 fully saturated rings. The summed E-state index contributed by atoms with van der Waals surface area (Å²) in [4.78, 5) is 4.33. The van der Waals surface area contributed by atoms with Crippen molar-refractivity contribution < 1.29 is 8.42 Å². The number of nitrogens with zero attached hydrogens (tertiary/aromatic N) is 1. The van der Waals surface area contributed by atoms with Crippen molar-refractivity contribution in [3.63, 3.8) is 0 Å². The van der Waals surface area contributed by atoms with Crippen LogP contribution in [0.4, 0.5) is 0 Å². The number of pyridine rings is 1. The Morgan fingerprint density at radius 2 is 1.83 bits per heavy atom. The van der Waals surface area contributed by atoms with Crippen LogP contribution in [0.2, 0.25) is 0 Å². The van der Waals surface area contributed by atoms with Crippen LogP contribution in [0.1, 0.15) is 5.56 Å². The molecule has 124 valence electrons. The Morgan fingerprint density at radius 1 is 1.00 bits per heavy atom. The molecule has 3 aromatic rings. The maximum atomic E-state index is 12.5. The molecule has 0 aliphatic carbocycles. The largest absolute Gasteiger partial charge is 0.264 e. The van der Waals surface area contributed by atoms with E-state index < -0.39 is 10.0 Å². The van der Waals surface area contributed by atoms with E-state index >= 15 is 0 Å². The van der Waals surface area contributed by atoms with Gasteiger partial charge in [0.15, 0.2) is 0 Å². The number of fused-ring (bicyclic) bond motifs is 1. The van der Waals surface area contributed by atoms with Crippen LogP contribution in [-0.2, 0) is 15.8 Å². The lowest BCUT2D eigenvalue weighted by atomic mass is 10.2. The Labute approximate surface area is 146 Å². The number of benzene rings is 2. The fourth-order valence-electron chi connectivity index (χ4n) is 2.42. The first kappa shape index (κ1) is 17.0. The molecule has 0 radical (unpaired) electrons. The molecule has 0 saturated heterocycles. The van der Waals surface area contributed by atoms with Crippen LogP contribution in [-0.4, -0.2) is 25.7 Å². The van der Waals surface area contributed by atoms with Crippen molar-refractivity contribution in [2.24, 2.45) is 0 Å². The normalized spacial score (nSPS) is 11.7. The molecule has 0 aliphatic rings. The number of thioether (sulfide) groups is 1. The van der Waals surface area contributed by atoms with Gasteiger partial charge in [0.25, 0.3) is 0 Å². The second-order valence-electron chi connectivity index (χ2n) is 5.29. The first-order chi connectivity index (χ1) is 11.7. The van der Waals surface area contributed by atoms with Crippen LogP contribution in [0.25, 0.3) is 10.8 Å². The Morgan fingerprint density at radius 3 is 2.67 bits per heavy atom. The first-order valence-corrected chi connectivity index (χ1v) is 10.2. The Bertz CT molecular complexity index is 907. The maximum Gasteiger partial charge on any atom is 0.241 e. The van der Waals surface area contributed by atoms with Gasteiger partial charge in [0.2, 0.25) is 10.0 Å². The number of hydrogen-bond donors (Lipinski definition) is 1. The predicted molar refractivity (Wildman–Crippen MR) is 99.5 cm³/mol. The molecule has 1 heterocycles. The van der Waals surface area contributed by atoms with E-state index in [1.165, 1.54) is 5.56 Å². The monoisotopic (exact) mass is 358 g/mol. The quantitative estimate of drug-likeness (QED) is 0.657. The van der Waals surface area contributed by atoms with Gasteiger partial charge in [-0.25, -0.2) is 13.1 Å². The average molecular weight is 358 g/mol. The molecule has 3 rings (SSSR count). The van der Waals surface area contributed by atoms with E-state index in [1.807, 2.05) is 24.3 Å². The number of aromatic nitrogens is 1. The van der Waals surface area contributed by atoms with Gasteiger partial charge in [-0.1, -0.05) is 42.5 Å². The lowest BCUT2D eigenvalue weighted by molar-refractivity contribution is 0.585. The van der Waals surface area contributed by atoms with Gasteiger partial charge in [0, 0.05) is 41.2 Å². The van der Waals surface area contributed by atoms with Crippen molar-refractivity contribution in [3.05, 3.63) is 72.6 Å². The SMILES string of the molecule is O=S(=O)(NCCSCc1ccccc1)c1cccc2cnccc12. The summed E-state index contributed by atoms with van der Waals surface area (Å²) in [5.41, 5.74) is 1.24. The molecule has 1 N–H and O–H groups in total. The third-order valence-corrected chi connectivity index (χ3v) is 6.13. The molecule has 0 atom stereocenters. The third-order valence-electron chi connectivity index (χ3n) is 3.58. The van der Waals surface area contributed by atoms with Gasteiger partial charge >= 0.3 is 0 Å². The van der Waals surface area contributed by atoms with Crippen LogP contribution in [0.15, 0.2) is 71.9 Å². The van der Waals surface area contributed by atoms with E-state index in [0.717, 1.165) is 16.9 Å². The van der Waals surface area contributed by atoms with Crippen molar-refractivity contribution >= 4 is 32.6 Å². The number of rotatable bonds is 7. The highest BCUT2D eigenvalue weighted by molar-refractivity contribution is 7.98. The molecule has 4 nitrogen and oxygen atoms in total. The Balaban J connectivity index is 1.60. The molecular formula is C18H18N2O2S2. The summed E-state index contributed by atoms with van der Waals surface area (Å²) in [6.07, 6.45) is 3.28. The molecule has 0 unspecified atom stereocenters. The first-order valence-electron chi connectivity index (χ1n) is 7.61. The minimum Gasteiger partial charge on any atom is -0.264 e. The summed E-state index contributed by atoms with van der Waals surface area (Å²) in [5, 5.41) is 1.51. The summed E-state index contributed by atoms with van der Waals surface area (Å²) in [6, 6.07) is 17.1. The van der Waals surface area contributed by atoms with Crippen LogP contribution < -0.4 is 4.72 Å². The van der Waals surface area contributed by atoms with Gasteiger partial charge in [0.1, 0.15) is 0 Å². The lowest BCUT2D eigenvalue weighted by Crippen LogP contribution is -2.26. The van der Waals surface area contributed by atoms with Crippen LogP contribution in [0.3, 0.4) is 0 Å². The van der Waals surface area contributed by atoms with Crippen LogP contribution >= 0.6 is 11.8 Å². The molecule has 2 aromatic carbocycles. The number of nitrogens with one attached hydrogen (secondary N) is 1. The molecule has 24 heavy (non-hydrogen) atoms. The second-order valence-corrected chi connectivity index (χ2v) is 8.13. The molecule has 0 aliphatic heterocycles. The maximum absolute atomic E-state index is 12.5. The van der Waals surface area contributed by atoms with E-state index in [9.17, 15) is 8.42 Å². The highest BCUT2D eigenvalue weighted by atomic mass is 32.2. The van der Waals surface area contributed by atoms with Crippen LogP contribution in [0, 0.1) is 0 Å². The minimum atomic E-state index is -3.52. The van der Waals surface area contributed by atoms with E-state index in [-0.39, 0.29) is 0 Å². The van der Waals surface area contributed by atoms with Gasteiger partial charge in [-0.05, 0) is 17.7 Å². The number of hydrogen-bond acceptors (Lipinski definition) is 4. The van der Waals surface area contributed by atoms with E-state index in [1.54, 1.807) is 42.4 Å². The standard InChI is InChI=1S/C18H18N2O2S2/c21-24(22,18-8-4-7-16-13-19-10-9-17(16)18)20-11-12-23-14-15-5-2-1-3-6-15/h1-10,13,20H,11-12,14H2. The fourth-order valence-corrected chi connectivity index (χ4v) is 4.62. The van der Waals surface area contributed by atoms with Gasteiger partial charge in [-0.3, -0.25) is 4.98 Å². The van der Waals surface area contributed by atoms with E-state index in [4.69, 9.17) is 0 Å². The third kappa shape index (κ3) is 4.14. The topological polar surface area (TPSA) is 59.1 Å². The van der Waals surface area contributed by atoms with Crippen molar-refractivity contribution in [1.29, 1.82) is 0 Å². The highest BCUT2D eigenvalue weighted by Crippen LogP contribution is 2.21. The molecule has 1 aromatic heterocycles. The van der Waals surface area contributed by atoms with E-state index in [2.05, 4.69) is 21.8 Å². The van der Waals surface area contributed by atoms with Crippen molar-refractivity contribution in [2.75, 3.05) is 12.3 Å². The highest BCUT2D eigenvalue weighted by Gasteiger charge is 2.16. The minimum absolute atomic E-state index is 0.301. The second kappa shape index (κ2) is 7.79. The Hall–Kier alpha value is -1.89. The zero-order valence-corrected chi connectivity index (χ0v) is 14.7. The molecule has 0 saturated carbocycles. The van der Waals surface area contributed by atoms with Gasteiger partial charge in [-0.15, -0.1) is 0 Å². The summed E-state index contributed by atoms with van der Waals surface area (Å²) in [5.74, 6) is 1.60. The molecular weight excluding hydrogens is 340 g/mol. The van der Waals surface area contributed by atoms with Crippen molar-refractivity contribution in [1.82, 2.24) is 9.71 Å². The summed E-state index contributed by atoms with van der Waals surface area (Å²) < 4.78 is 27.8. The zero-order chi connectivity index (χ0) is 16.8. The van der Waals surface area contributed by atoms with Crippen molar-refractivity contribution in [2.45, 2.75) is 10.6 Å². The van der Waals surface area contributed by atoms with Gasteiger partial charge in [-0.2, -0.15) is 11.8 Å². The van der Waals surface area contributed by atoms with Gasteiger partial charge < -0.3 is 0 Å². The smallest absolute Gasteiger partial charge is 0.241 e. The molecule has 0 bridgehead atoms. The van der Waals surface area contributed by atoms with E-state index in [0.29, 0.717) is 16.8 Å². The Kier molecular flexibility index (Phi) is 5.50. The molecule has 6 heteroatoms. The van der Waals surface area contributed by atoms with Gasteiger partial charge in [0.05, 0.1) is 4.90 Å². The summed E-state index contributed by atoms with van der Waals surface area (Å²) >= 11 is 1.71. The summed E-state index contributed by atoms with van der Waals surface area (Å²) in [7, 11) is -3.52. The molecule has 0 spiro atoms. The fraction of sp³-hybridized carbons (Fsp3) is 0.167. The lowest BCUT2D eigenvalue weighted by Gasteiger charge is -2.09.